The van der Waals surface area contributed by atoms with E-state index >= 15 is 0 Å². The number of carbonyl (C=O) groups is 2. The number of hydrogen-bond donors (Lipinski definition) is 1. The third-order valence-corrected chi connectivity index (χ3v) is 7.38. The molecule has 0 amide bonds. The summed E-state index contributed by atoms with van der Waals surface area (Å²) in [4.78, 5) is 24.2. The van der Waals surface area contributed by atoms with Crippen molar-refractivity contribution in [3.05, 3.63) is 11.6 Å². The molecule has 1 unspecified atom stereocenters. The number of fused-ring (bicyclic) bond motifs is 5. The van der Waals surface area contributed by atoms with Crippen LogP contribution in [0.15, 0.2) is 11.6 Å². The van der Waals surface area contributed by atoms with Crippen LogP contribution in [0, 0.1) is 29.1 Å². The summed E-state index contributed by atoms with van der Waals surface area (Å²) in [6, 6.07) is 0. The van der Waals surface area contributed by atoms with Gasteiger partial charge in [0.25, 0.3) is 0 Å². The molecule has 0 aromatic carbocycles. The first kappa shape index (κ1) is 14.6. The van der Waals surface area contributed by atoms with Crippen molar-refractivity contribution < 1.29 is 14.7 Å². The zero-order valence-corrected chi connectivity index (χ0v) is 13.4. The molecule has 0 heterocycles. The number of allylic oxidation sites excluding steroid dienone is 1. The number of aliphatic hydroxyl groups excluding tert-OH is 1. The van der Waals surface area contributed by atoms with Crippen LogP contribution in [0.2, 0.25) is 0 Å². The van der Waals surface area contributed by atoms with Crippen LogP contribution in [-0.4, -0.2) is 22.8 Å². The number of carbonyl (C=O) groups excluding carboxylic acids is 2. The average Bonchev–Trinajstić information content (AvgIpc) is 2.78. The summed E-state index contributed by atoms with van der Waals surface area (Å²) in [5.74, 6) is 2.37. The van der Waals surface area contributed by atoms with Gasteiger partial charge in [-0.1, -0.05) is 12.5 Å². The standard InChI is InChI=1S/C19H26O3/c1-2-19-8-7-14-13-6-4-12(20)9-11(13)3-5-15(14)18(19)16(21)10-17(19)22/h9,13-16,18,21H,2-8,10H2,1H3/t13-,14+,15+,16?,18+,19+/m0/s1. The minimum Gasteiger partial charge on any atom is -0.392 e. The van der Waals surface area contributed by atoms with Crippen LogP contribution in [-0.2, 0) is 9.59 Å². The monoisotopic (exact) mass is 302 g/mol. The Morgan fingerprint density at radius 1 is 1.18 bits per heavy atom. The van der Waals surface area contributed by atoms with E-state index in [0.717, 1.165) is 38.5 Å². The quantitative estimate of drug-likeness (QED) is 0.810. The number of rotatable bonds is 1. The van der Waals surface area contributed by atoms with Crippen LogP contribution in [0.4, 0.5) is 0 Å². The highest BCUT2D eigenvalue weighted by Crippen LogP contribution is 2.61. The SMILES string of the molecule is CC[C@]12CC[C@H]3[C@@H](CCC4=CC(=O)CC[C@@H]43)[C@@H]1C(O)CC2=O. The lowest BCUT2D eigenvalue weighted by molar-refractivity contribution is -0.134. The summed E-state index contributed by atoms with van der Waals surface area (Å²) in [5, 5.41) is 10.6. The van der Waals surface area contributed by atoms with Crippen molar-refractivity contribution in [2.24, 2.45) is 29.1 Å². The molecule has 4 aliphatic rings. The van der Waals surface area contributed by atoms with E-state index in [0.29, 0.717) is 42.2 Å². The molecule has 0 bridgehead atoms. The van der Waals surface area contributed by atoms with Gasteiger partial charge >= 0.3 is 0 Å². The summed E-state index contributed by atoms with van der Waals surface area (Å²) in [6.45, 7) is 2.12. The predicted molar refractivity (Wildman–Crippen MR) is 83.1 cm³/mol. The molecule has 1 N–H and O–H groups in total. The third kappa shape index (κ3) is 1.84. The zero-order chi connectivity index (χ0) is 15.5. The van der Waals surface area contributed by atoms with E-state index in [1.807, 2.05) is 6.08 Å². The zero-order valence-electron chi connectivity index (χ0n) is 13.4. The highest BCUT2D eigenvalue weighted by molar-refractivity contribution is 5.91. The molecule has 0 radical (unpaired) electrons. The van der Waals surface area contributed by atoms with Crippen molar-refractivity contribution in [2.75, 3.05) is 0 Å². The molecule has 0 spiro atoms. The van der Waals surface area contributed by atoms with Crippen molar-refractivity contribution in [2.45, 2.75) is 64.4 Å². The van der Waals surface area contributed by atoms with E-state index < -0.39 is 6.10 Å². The second kappa shape index (κ2) is 5.02. The van der Waals surface area contributed by atoms with E-state index in [4.69, 9.17) is 0 Å². The fraction of sp³-hybridized carbons (Fsp3) is 0.789. The molecule has 0 aromatic rings. The lowest BCUT2D eigenvalue weighted by Gasteiger charge is -2.53. The predicted octanol–water partition coefficient (Wildman–Crippen LogP) is 3.06. The van der Waals surface area contributed by atoms with E-state index in [-0.39, 0.29) is 11.3 Å². The molecule has 3 saturated carbocycles. The second-order valence-corrected chi connectivity index (χ2v) is 7.97. The lowest BCUT2D eigenvalue weighted by atomic mass is 9.51. The van der Waals surface area contributed by atoms with Crippen molar-refractivity contribution in [3.63, 3.8) is 0 Å². The Hall–Kier alpha value is -0.960. The Balaban J connectivity index is 1.68. The smallest absolute Gasteiger partial charge is 0.155 e. The van der Waals surface area contributed by atoms with Crippen LogP contribution < -0.4 is 0 Å². The van der Waals surface area contributed by atoms with E-state index in [1.54, 1.807) is 0 Å². The van der Waals surface area contributed by atoms with E-state index in [2.05, 4.69) is 6.92 Å². The van der Waals surface area contributed by atoms with Gasteiger partial charge in [-0.05, 0) is 62.4 Å². The lowest BCUT2D eigenvalue weighted by Crippen LogP contribution is -2.49. The summed E-state index contributed by atoms with van der Waals surface area (Å²) < 4.78 is 0. The van der Waals surface area contributed by atoms with Crippen LogP contribution in [0.5, 0.6) is 0 Å². The molecule has 3 nitrogen and oxygen atoms in total. The summed E-state index contributed by atoms with van der Waals surface area (Å²) in [5.41, 5.74) is 1.12. The van der Waals surface area contributed by atoms with Crippen molar-refractivity contribution in [3.8, 4) is 0 Å². The first-order chi connectivity index (χ1) is 10.6. The first-order valence-corrected chi connectivity index (χ1v) is 9.01. The van der Waals surface area contributed by atoms with Gasteiger partial charge in [-0.3, -0.25) is 9.59 Å². The van der Waals surface area contributed by atoms with E-state index in [9.17, 15) is 14.7 Å². The molecular formula is C19H26O3. The van der Waals surface area contributed by atoms with Crippen LogP contribution >= 0.6 is 0 Å². The molecule has 4 aliphatic carbocycles. The maximum atomic E-state index is 12.6. The number of hydrogen-bond acceptors (Lipinski definition) is 3. The highest BCUT2D eigenvalue weighted by atomic mass is 16.3. The maximum Gasteiger partial charge on any atom is 0.155 e. The van der Waals surface area contributed by atoms with Gasteiger partial charge in [0.05, 0.1) is 6.10 Å². The minimum absolute atomic E-state index is 0.169. The maximum absolute atomic E-state index is 12.6. The topological polar surface area (TPSA) is 54.4 Å². The Bertz CT molecular complexity index is 549. The summed E-state index contributed by atoms with van der Waals surface area (Å²) in [6.07, 6.45) is 8.48. The van der Waals surface area contributed by atoms with Gasteiger partial charge in [-0.2, -0.15) is 0 Å². The molecule has 4 rings (SSSR count). The van der Waals surface area contributed by atoms with Crippen LogP contribution in [0.3, 0.4) is 0 Å². The fourth-order valence-electron chi connectivity index (χ4n) is 6.43. The number of aliphatic hydroxyl groups is 1. The molecule has 0 aliphatic heterocycles. The normalized spacial score (nSPS) is 47.5. The Morgan fingerprint density at radius 2 is 2.00 bits per heavy atom. The van der Waals surface area contributed by atoms with Gasteiger partial charge in [0, 0.05) is 24.2 Å². The average molecular weight is 302 g/mol. The van der Waals surface area contributed by atoms with Gasteiger partial charge in [0.15, 0.2) is 5.78 Å². The molecule has 3 heteroatoms. The fourth-order valence-corrected chi connectivity index (χ4v) is 6.43. The van der Waals surface area contributed by atoms with Crippen LogP contribution in [0.25, 0.3) is 0 Å². The van der Waals surface area contributed by atoms with E-state index in [1.165, 1.54) is 5.57 Å². The molecule has 120 valence electrons. The number of Topliss-reactive ketones (excluding diaryl/α,β-unsaturated/α-hetero) is 1. The second-order valence-electron chi connectivity index (χ2n) is 7.97. The van der Waals surface area contributed by atoms with Crippen molar-refractivity contribution in [1.82, 2.24) is 0 Å². The molecular weight excluding hydrogens is 276 g/mol. The Morgan fingerprint density at radius 3 is 2.77 bits per heavy atom. The molecule has 22 heavy (non-hydrogen) atoms. The summed E-state index contributed by atoms with van der Waals surface area (Å²) in [7, 11) is 0. The van der Waals surface area contributed by atoms with Gasteiger partial charge in [0.1, 0.15) is 5.78 Å². The Kier molecular flexibility index (Phi) is 3.34. The number of ketones is 2. The molecule has 3 fully saturated rings. The highest BCUT2D eigenvalue weighted by Gasteiger charge is 2.60. The largest absolute Gasteiger partial charge is 0.392 e. The molecule has 6 atom stereocenters. The van der Waals surface area contributed by atoms with Crippen LogP contribution in [0.1, 0.15) is 58.3 Å². The van der Waals surface area contributed by atoms with Crippen molar-refractivity contribution in [1.29, 1.82) is 0 Å². The molecule has 0 aromatic heterocycles. The van der Waals surface area contributed by atoms with Gasteiger partial charge < -0.3 is 5.11 Å². The first-order valence-electron chi connectivity index (χ1n) is 9.01. The Labute approximate surface area is 132 Å². The van der Waals surface area contributed by atoms with Gasteiger partial charge in [0.2, 0.25) is 0 Å². The van der Waals surface area contributed by atoms with Crippen molar-refractivity contribution >= 4 is 11.6 Å². The minimum atomic E-state index is -0.434. The molecule has 0 saturated heterocycles. The van der Waals surface area contributed by atoms with Gasteiger partial charge in [-0.15, -0.1) is 0 Å². The third-order valence-electron chi connectivity index (χ3n) is 7.38. The summed E-state index contributed by atoms with van der Waals surface area (Å²) >= 11 is 0. The van der Waals surface area contributed by atoms with Gasteiger partial charge in [-0.25, -0.2) is 0 Å².